The van der Waals surface area contributed by atoms with Gasteiger partial charge in [-0.2, -0.15) is 0 Å². The number of hydrogen-bond donors (Lipinski definition) is 1. The van der Waals surface area contributed by atoms with E-state index in [2.05, 4.69) is 60.7 Å². The minimum atomic E-state index is 0.172. The minimum Gasteiger partial charge on any atom is -0.307 e. The molecule has 0 aromatic carbocycles. The van der Waals surface area contributed by atoms with Gasteiger partial charge in [0.25, 0.3) is 0 Å². The van der Waals surface area contributed by atoms with Crippen LogP contribution in [-0.2, 0) is 0 Å². The van der Waals surface area contributed by atoms with E-state index >= 15 is 0 Å². The Balaban J connectivity index is 4.44. The summed E-state index contributed by atoms with van der Waals surface area (Å²) in [5.74, 6) is 0. The number of rotatable bonds is 1. The molecule has 0 aromatic heterocycles. The third-order valence-electron chi connectivity index (χ3n) is 2.56. The lowest BCUT2D eigenvalue weighted by atomic mass is 9.75. The lowest BCUT2D eigenvalue weighted by molar-refractivity contribution is 0.137. The van der Waals surface area contributed by atoms with Crippen molar-refractivity contribution in [3.05, 3.63) is 0 Å². The fraction of sp³-hybridized carbons (Fsp3) is 1.00. The lowest BCUT2D eigenvalue weighted by Gasteiger charge is -2.44. The topological polar surface area (TPSA) is 12.0 Å². The summed E-state index contributed by atoms with van der Waals surface area (Å²) in [6.45, 7) is 18.0. The van der Waals surface area contributed by atoms with Crippen molar-refractivity contribution in [3.63, 3.8) is 0 Å². The SMILES string of the molecule is CC(C)(C)NC(C)(C)C(C)(C)C. The molecular formula is C11H25N. The van der Waals surface area contributed by atoms with E-state index < -0.39 is 0 Å². The van der Waals surface area contributed by atoms with Crippen LogP contribution in [0.15, 0.2) is 0 Å². The molecule has 0 rings (SSSR count). The number of hydrogen-bond acceptors (Lipinski definition) is 1. The first-order valence-electron chi connectivity index (χ1n) is 4.75. The van der Waals surface area contributed by atoms with E-state index in [-0.39, 0.29) is 11.1 Å². The summed E-state index contributed by atoms with van der Waals surface area (Å²) in [5, 5.41) is 3.64. The summed E-state index contributed by atoms with van der Waals surface area (Å²) < 4.78 is 0. The summed E-state index contributed by atoms with van der Waals surface area (Å²) in [6.07, 6.45) is 0. The first-order valence-corrected chi connectivity index (χ1v) is 4.75. The number of nitrogens with one attached hydrogen (secondary N) is 1. The zero-order valence-electron chi connectivity index (χ0n) is 10.0. The predicted octanol–water partition coefficient (Wildman–Crippen LogP) is 3.20. The molecule has 1 heteroatoms. The van der Waals surface area contributed by atoms with Crippen molar-refractivity contribution in [1.29, 1.82) is 0 Å². The second-order valence-electron chi connectivity index (χ2n) is 6.25. The van der Waals surface area contributed by atoms with Gasteiger partial charge in [0.1, 0.15) is 0 Å². The zero-order valence-corrected chi connectivity index (χ0v) is 10.0. The molecule has 0 radical (unpaired) electrons. The van der Waals surface area contributed by atoms with Crippen molar-refractivity contribution in [1.82, 2.24) is 5.32 Å². The quantitative estimate of drug-likeness (QED) is 0.639. The first kappa shape index (κ1) is 12.0. The van der Waals surface area contributed by atoms with Crippen LogP contribution in [0.4, 0.5) is 0 Å². The van der Waals surface area contributed by atoms with Crippen molar-refractivity contribution in [2.75, 3.05) is 0 Å². The summed E-state index contributed by atoms with van der Waals surface area (Å²) in [4.78, 5) is 0. The first-order chi connectivity index (χ1) is 4.96. The lowest BCUT2D eigenvalue weighted by Crippen LogP contribution is -2.57. The molecule has 74 valence electrons. The highest BCUT2D eigenvalue weighted by atomic mass is 15.0. The molecule has 0 spiro atoms. The van der Waals surface area contributed by atoms with Gasteiger partial charge in [-0.3, -0.25) is 0 Å². The Morgan fingerprint density at radius 3 is 1.08 bits per heavy atom. The van der Waals surface area contributed by atoms with Crippen LogP contribution >= 0.6 is 0 Å². The van der Waals surface area contributed by atoms with Gasteiger partial charge in [-0.1, -0.05) is 20.8 Å². The normalized spacial score (nSPS) is 15.0. The molecule has 0 saturated carbocycles. The van der Waals surface area contributed by atoms with Gasteiger partial charge in [0.15, 0.2) is 0 Å². The van der Waals surface area contributed by atoms with Crippen LogP contribution in [0.2, 0.25) is 0 Å². The Bertz CT molecular complexity index is 143. The molecule has 0 bridgehead atoms. The van der Waals surface area contributed by atoms with E-state index in [9.17, 15) is 0 Å². The Hall–Kier alpha value is -0.0400. The van der Waals surface area contributed by atoms with Gasteiger partial charge < -0.3 is 5.32 Å². The molecule has 0 saturated heterocycles. The summed E-state index contributed by atoms with van der Waals surface area (Å²) in [7, 11) is 0. The second kappa shape index (κ2) is 3.02. The predicted molar refractivity (Wildman–Crippen MR) is 56.4 cm³/mol. The maximum absolute atomic E-state index is 3.64. The van der Waals surface area contributed by atoms with E-state index in [0.29, 0.717) is 5.41 Å². The van der Waals surface area contributed by atoms with E-state index in [1.54, 1.807) is 0 Å². The minimum absolute atomic E-state index is 0.172. The molecule has 0 aliphatic rings. The summed E-state index contributed by atoms with van der Waals surface area (Å²) in [5.41, 5.74) is 0.655. The van der Waals surface area contributed by atoms with Gasteiger partial charge >= 0.3 is 0 Å². The Labute approximate surface area is 77.9 Å². The van der Waals surface area contributed by atoms with Crippen molar-refractivity contribution in [2.24, 2.45) is 5.41 Å². The Morgan fingerprint density at radius 2 is 1.00 bits per heavy atom. The highest BCUT2D eigenvalue weighted by molar-refractivity contribution is 4.94. The summed E-state index contributed by atoms with van der Waals surface area (Å²) in [6, 6.07) is 0. The molecule has 0 heterocycles. The molecule has 12 heavy (non-hydrogen) atoms. The molecule has 1 nitrogen and oxygen atoms in total. The third kappa shape index (κ3) is 3.57. The molecule has 0 aliphatic heterocycles. The average molecular weight is 171 g/mol. The van der Waals surface area contributed by atoms with Gasteiger partial charge in [0, 0.05) is 11.1 Å². The van der Waals surface area contributed by atoms with Crippen molar-refractivity contribution >= 4 is 0 Å². The molecule has 0 unspecified atom stereocenters. The fourth-order valence-electron chi connectivity index (χ4n) is 1.12. The van der Waals surface area contributed by atoms with Crippen molar-refractivity contribution < 1.29 is 0 Å². The van der Waals surface area contributed by atoms with Crippen LogP contribution in [0.1, 0.15) is 55.4 Å². The fourth-order valence-corrected chi connectivity index (χ4v) is 1.12. The molecular weight excluding hydrogens is 146 g/mol. The molecule has 0 amide bonds. The Kier molecular flexibility index (Phi) is 3.01. The smallest absolute Gasteiger partial charge is 0.0178 e. The summed E-state index contributed by atoms with van der Waals surface area (Å²) >= 11 is 0. The van der Waals surface area contributed by atoms with Crippen LogP contribution in [0.3, 0.4) is 0 Å². The van der Waals surface area contributed by atoms with Crippen molar-refractivity contribution in [2.45, 2.75) is 66.5 Å². The maximum atomic E-state index is 3.64. The van der Waals surface area contributed by atoms with Gasteiger partial charge in [0.2, 0.25) is 0 Å². The highest BCUT2D eigenvalue weighted by Gasteiger charge is 2.35. The van der Waals surface area contributed by atoms with Gasteiger partial charge in [-0.05, 0) is 40.0 Å². The van der Waals surface area contributed by atoms with Crippen LogP contribution < -0.4 is 5.32 Å². The molecule has 1 N–H and O–H groups in total. The third-order valence-corrected chi connectivity index (χ3v) is 2.56. The molecule has 0 aromatic rings. The van der Waals surface area contributed by atoms with Crippen LogP contribution in [-0.4, -0.2) is 11.1 Å². The van der Waals surface area contributed by atoms with E-state index in [0.717, 1.165) is 0 Å². The molecule has 0 fully saturated rings. The zero-order chi connectivity index (χ0) is 10.2. The van der Waals surface area contributed by atoms with Crippen molar-refractivity contribution in [3.8, 4) is 0 Å². The largest absolute Gasteiger partial charge is 0.307 e. The van der Waals surface area contributed by atoms with Crippen LogP contribution in [0, 0.1) is 5.41 Å². The van der Waals surface area contributed by atoms with Gasteiger partial charge in [0.05, 0.1) is 0 Å². The molecule has 0 atom stereocenters. The second-order valence-corrected chi connectivity index (χ2v) is 6.25. The van der Waals surface area contributed by atoms with E-state index in [4.69, 9.17) is 0 Å². The average Bonchev–Trinajstić information content (AvgIpc) is 1.52. The molecule has 0 aliphatic carbocycles. The standard InChI is InChI=1S/C11H25N/c1-9(2,3)11(7,8)12-10(4,5)6/h12H,1-8H3. The monoisotopic (exact) mass is 171 g/mol. The van der Waals surface area contributed by atoms with Crippen LogP contribution in [0.5, 0.6) is 0 Å². The van der Waals surface area contributed by atoms with Crippen LogP contribution in [0.25, 0.3) is 0 Å². The van der Waals surface area contributed by atoms with Gasteiger partial charge in [-0.25, -0.2) is 0 Å². The van der Waals surface area contributed by atoms with E-state index in [1.165, 1.54) is 0 Å². The Morgan fingerprint density at radius 1 is 0.667 bits per heavy atom. The maximum Gasteiger partial charge on any atom is 0.0178 e. The van der Waals surface area contributed by atoms with Gasteiger partial charge in [-0.15, -0.1) is 0 Å². The highest BCUT2D eigenvalue weighted by Crippen LogP contribution is 2.31. The van der Waals surface area contributed by atoms with E-state index in [1.807, 2.05) is 0 Å².